The largest absolute Gasteiger partial charge is 0.441 e. The van der Waals surface area contributed by atoms with Crippen molar-refractivity contribution in [1.29, 1.82) is 0 Å². The Morgan fingerprint density at radius 3 is 2.61 bits per heavy atom. The van der Waals surface area contributed by atoms with Crippen LogP contribution in [0.25, 0.3) is 11.1 Å². The van der Waals surface area contributed by atoms with E-state index in [9.17, 15) is 4.79 Å². The molecule has 3 aromatic rings. The van der Waals surface area contributed by atoms with Crippen LogP contribution in [0, 0.1) is 19.8 Å². The van der Waals surface area contributed by atoms with Crippen molar-refractivity contribution in [3.63, 3.8) is 0 Å². The van der Waals surface area contributed by atoms with E-state index in [2.05, 4.69) is 33.4 Å². The third kappa shape index (κ3) is 4.17. The van der Waals surface area contributed by atoms with Crippen molar-refractivity contribution >= 4 is 17.7 Å². The molecule has 8 nitrogen and oxygen atoms in total. The summed E-state index contributed by atoms with van der Waals surface area (Å²) < 4.78 is 7.76. The van der Waals surface area contributed by atoms with Crippen molar-refractivity contribution in [3.05, 3.63) is 54.1 Å². The Morgan fingerprint density at radius 2 is 1.97 bits per heavy atom. The SMILES string of the molecule is Cc1nn(C)c(C)c1-c1ccc(NC[C@H]2CC[C@]3(CC2)CN(c2ccccn2)C(=O)O3)nc1. The Kier molecular flexibility index (Phi) is 5.52. The lowest BCUT2D eigenvalue weighted by atomic mass is 9.78. The molecule has 5 rings (SSSR count). The van der Waals surface area contributed by atoms with Gasteiger partial charge in [-0.25, -0.2) is 14.8 Å². The van der Waals surface area contributed by atoms with Gasteiger partial charge in [0.05, 0.1) is 12.2 Å². The molecule has 0 radical (unpaired) electrons. The topological polar surface area (TPSA) is 85.2 Å². The van der Waals surface area contributed by atoms with Gasteiger partial charge in [0.1, 0.15) is 17.2 Å². The Labute approximate surface area is 194 Å². The Balaban J connectivity index is 1.15. The van der Waals surface area contributed by atoms with Crippen molar-refractivity contribution in [2.24, 2.45) is 13.0 Å². The Bertz CT molecular complexity index is 1130. The van der Waals surface area contributed by atoms with Gasteiger partial charge < -0.3 is 10.1 Å². The molecule has 2 aliphatic rings. The molecule has 1 N–H and O–H groups in total. The second kappa shape index (κ2) is 8.50. The van der Waals surface area contributed by atoms with E-state index in [1.165, 1.54) is 0 Å². The number of rotatable bonds is 5. The molecule has 1 spiro atoms. The average Bonchev–Trinajstić information content (AvgIpc) is 3.28. The maximum Gasteiger partial charge on any atom is 0.416 e. The molecule has 33 heavy (non-hydrogen) atoms. The van der Waals surface area contributed by atoms with E-state index < -0.39 is 0 Å². The zero-order chi connectivity index (χ0) is 23.0. The lowest BCUT2D eigenvalue weighted by molar-refractivity contribution is 0.0148. The lowest BCUT2D eigenvalue weighted by Gasteiger charge is -2.35. The van der Waals surface area contributed by atoms with Crippen LogP contribution in [0.4, 0.5) is 16.4 Å². The van der Waals surface area contributed by atoms with Crippen LogP contribution in [0.2, 0.25) is 0 Å². The highest BCUT2D eigenvalue weighted by Gasteiger charge is 2.47. The molecule has 3 aromatic heterocycles. The van der Waals surface area contributed by atoms with Gasteiger partial charge in [-0.05, 0) is 69.7 Å². The van der Waals surface area contributed by atoms with Gasteiger partial charge in [0.15, 0.2) is 0 Å². The molecule has 0 bridgehead atoms. The first kappa shape index (κ1) is 21.4. The standard InChI is InChI=1S/C25H30N6O2/c1-17-23(18(2)30(3)29-17)20-7-8-21(28-15-20)27-14-19-9-11-25(12-10-19)16-31(24(32)33-25)22-6-4-5-13-26-22/h4-8,13,15,19H,9-12,14,16H2,1-3H3,(H,27,28)/t19-,25-. The summed E-state index contributed by atoms with van der Waals surface area (Å²) in [7, 11) is 1.96. The highest BCUT2D eigenvalue weighted by molar-refractivity contribution is 5.89. The molecule has 2 fully saturated rings. The summed E-state index contributed by atoms with van der Waals surface area (Å²) in [6, 6.07) is 9.73. The van der Waals surface area contributed by atoms with Crippen LogP contribution >= 0.6 is 0 Å². The number of ether oxygens (including phenoxy) is 1. The lowest BCUT2D eigenvalue weighted by Crippen LogP contribution is -2.39. The third-order valence-corrected chi connectivity index (χ3v) is 7.05. The first-order valence-corrected chi connectivity index (χ1v) is 11.6. The van der Waals surface area contributed by atoms with Gasteiger partial charge in [-0.2, -0.15) is 5.10 Å². The predicted octanol–water partition coefficient (Wildman–Crippen LogP) is 4.49. The zero-order valence-electron chi connectivity index (χ0n) is 19.4. The number of aromatic nitrogens is 4. The van der Waals surface area contributed by atoms with Gasteiger partial charge in [-0.15, -0.1) is 0 Å². The molecular formula is C25H30N6O2. The number of anilines is 2. The molecule has 0 unspecified atom stereocenters. The van der Waals surface area contributed by atoms with Gasteiger partial charge in [0, 0.05) is 42.8 Å². The molecule has 172 valence electrons. The first-order chi connectivity index (χ1) is 15.9. The summed E-state index contributed by atoms with van der Waals surface area (Å²) in [4.78, 5) is 23.0. The van der Waals surface area contributed by atoms with Gasteiger partial charge in [0.25, 0.3) is 0 Å². The number of pyridine rings is 2. The summed E-state index contributed by atoms with van der Waals surface area (Å²) in [6.45, 7) is 5.56. The minimum atomic E-state index is -0.384. The number of hydrogen-bond donors (Lipinski definition) is 1. The minimum absolute atomic E-state index is 0.284. The number of nitrogens with one attached hydrogen (secondary N) is 1. The molecule has 1 aliphatic carbocycles. The minimum Gasteiger partial charge on any atom is -0.441 e. The summed E-state index contributed by atoms with van der Waals surface area (Å²) in [5.74, 6) is 2.07. The maximum absolute atomic E-state index is 12.5. The summed E-state index contributed by atoms with van der Waals surface area (Å²) >= 11 is 0. The van der Waals surface area contributed by atoms with Crippen LogP contribution in [0.1, 0.15) is 37.1 Å². The van der Waals surface area contributed by atoms with Crippen molar-refractivity contribution in [1.82, 2.24) is 19.7 Å². The van der Waals surface area contributed by atoms with E-state index in [1.807, 2.05) is 49.1 Å². The molecule has 8 heteroatoms. The fourth-order valence-corrected chi connectivity index (χ4v) is 5.07. The van der Waals surface area contributed by atoms with Gasteiger partial charge >= 0.3 is 6.09 Å². The third-order valence-electron chi connectivity index (χ3n) is 7.05. The van der Waals surface area contributed by atoms with Crippen LogP contribution in [-0.2, 0) is 11.8 Å². The first-order valence-electron chi connectivity index (χ1n) is 11.6. The molecule has 1 saturated carbocycles. The smallest absolute Gasteiger partial charge is 0.416 e. The van der Waals surface area contributed by atoms with E-state index in [-0.39, 0.29) is 11.7 Å². The quantitative estimate of drug-likeness (QED) is 0.622. The number of aryl methyl sites for hydroxylation is 2. The van der Waals surface area contributed by atoms with E-state index >= 15 is 0 Å². The van der Waals surface area contributed by atoms with Crippen LogP contribution < -0.4 is 10.2 Å². The van der Waals surface area contributed by atoms with E-state index in [1.54, 1.807) is 11.1 Å². The highest BCUT2D eigenvalue weighted by Crippen LogP contribution is 2.40. The van der Waals surface area contributed by atoms with Crippen LogP contribution in [0.15, 0.2) is 42.7 Å². The number of amides is 1. The van der Waals surface area contributed by atoms with Crippen molar-refractivity contribution < 1.29 is 9.53 Å². The molecular weight excluding hydrogens is 416 g/mol. The van der Waals surface area contributed by atoms with Crippen LogP contribution in [-0.4, -0.2) is 44.5 Å². The van der Waals surface area contributed by atoms with Crippen LogP contribution in [0.3, 0.4) is 0 Å². The Hall–Kier alpha value is -3.42. The second-order valence-corrected chi connectivity index (χ2v) is 9.25. The predicted molar refractivity (Wildman–Crippen MR) is 127 cm³/mol. The number of carbonyl (C=O) groups excluding carboxylic acids is 1. The summed E-state index contributed by atoms with van der Waals surface area (Å²) in [5, 5.41) is 7.99. The monoisotopic (exact) mass is 446 g/mol. The van der Waals surface area contributed by atoms with Crippen LogP contribution in [0.5, 0.6) is 0 Å². The summed E-state index contributed by atoms with van der Waals surface area (Å²) in [5.41, 5.74) is 4.01. The normalized spacial score (nSPS) is 22.6. The average molecular weight is 447 g/mol. The number of carbonyl (C=O) groups is 1. The molecule has 4 heterocycles. The fraction of sp³-hybridized carbons (Fsp3) is 0.440. The van der Waals surface area contributed by atoms with Crippen molar-refractivity contribution in [3.8, 4) is 11.1 Å². The van der Waals surface area contributed by atoms with E-state index in [0.29, 0.717) is 18.3 Å². The molecule has 0 aromatic carbocycles. The van der Waals surface area contributed by atoms with Gasteiger partial charge in [-0.3, -0.25) is 9.58 Å². The van der Waals surface area contributed by atoms with Gasteiger partial charge in [-0.1, -0.05) is 6.07 Å². The number of nitrogens with zero attached hydrogens (tertiary/aromatic N) is 5. The highest BCUT2D eigenvalue weighted by atomic mass is 16.6. The Morgan fingerprint density at radius 1 is 1.15 bits per heavy atom. The van der Waals surface area contributed by atoms with E-state index in [4.69, 9.17) is 4.74 Å². The molecule has 1 saturated heterocycles. The molecule has 1 amide bonds. The second-order valence-electron chi connectivity index (χ2n) is 9.25. The van der Waals surface area contributed by atoms with E-state index in [0.717, 1.165) is 60.6 Å². The molecule has 1 aliphatic heterocycles. The molecule has 0 atom stereocenters. The fourth-order valence-electron chi connectivity index (χ4n) is 5.07. The maximum atomic E-state index is 12.5. The van der Waals surface area contributed by atoms with Gasteiger partial charge in [0.2, 0.25) is 0 Å². The zero-order valence-corrected chi connectivity index (χ0v) is 19.4. The number of hydrogen-bond acceptors (Lipinski definition) is 6. The van der Waals surface area contributed by atoms with Crippen molar-refractivity contribution in [2.45, 2.75) is 45.1 Å². The van der Waals surface area contributed by atoms with Crippen molar-refractivity contribution in [2.75, 3.05) is 23.3 Å². The summed E-state index contributed by atoms with van der Waals surface area (Å²) in [6.07, 6.45) is 7.12.